The van der Waals surface area contributed by atoms with Crippen LogP contribution in [0.5, 0.6) is 0 Å². The molecule has 0 aromatic carbocycles. The fourth-order valence-corrected chi connectivity index (χ4v) is 1.92. The van der Waals surface area contributed by atoms with Crippen molar-refractivity contribution in [2.24, 2.45) is 11.7 Å². The van der Waals surface area contributed by atoms with Gasteiger partial charge in [-0.2, -0.15) is 0 Å². The number of nitrogens with two attached hydrogens (primary N) is 1. The predicted octanol–water partition coefficient (Wildman–Crippen LogP) is 0.339. The second-order valence-corrected chi connectivity index (χ2v) is 3.73. The van der Waals surface area contributed by atoms with Crippen LogP contribution in [-0.2, 0) is 4.79 Å². The van der Waals surface area contributed by atoms with Gasteiger partial charge >= 0.3 is 5.97 Å². The molecular weight excluding hydrogens is 170 g/mol. The van der Waals surface area contributed by atoms with E-state index in [1.165, 1.54) is 0 Å². The van der Waals surface area contributed by atoms with Crippen molar-refractivity contribution in [1.82, 2.24) is 0 Å². The minimum atomic E-state index is -1.01. The Balaban J connectivity index is 2.58. The average molecular weight is 187 g/mol. The molecule has 0 aromatic rings. The molecule has 0 saturated heterocycles. The molecule has 1 fully saturated rings. The lowest BCUT2D eigenvalue weighted by Gasteiger charge is -2.23. The van der Waals surface area contributed by atoms with Crippen molar-refractivity contribution in [2.75, 3.05) is 0 Å². The zero-order chi connectivity index (χ0) is 9.84. The van der Waals surface area contributed by atoms with Gasteiger partial charge in [-0.05, 0) is 12.8 Å². The first-order chi connectivity index (χ1) is 6.13. The van der Waals surface area contributed by atoms with Gasteiger partial charge in [-0.25, -0.2) is 0 Å². The van der Waals surface area contributed by atoms with Crippen molar-refractivity contribution >= 4 is 5.97 Å². The molecule has 1 saturated carbocycles. The van der Waals surface area contributed by atoms with E-state index in [1.807, 2.05) is 0 Å². The highest BCUT2D eigenvalue weighted by atomic mass is 16.4. The molecular formula is C9H17NO3. The van der Waals surface area contributed by atoms with E-state index < -0.39 is 18.1 Å². The molecule has 0 aromatic heterocycles. The van der Waals surface area contributed by atoms with E-state index in [1.54, 1.807) is 0 Å². The number of aliphatic hydroxyl groups excluding tert-OH is 1. The summed E-state index contributed by atoms with van der Waals surface area (Å²) in [7, 11) is 0. The molecule has 0 amide bonds. The summed E-state index contributed by atoms with van der Waals surface area (Å²) in [5.74, 6) is -1.27. The third kappa shape index (κ3) is 2.67. The smallest absolute Gasteiger partial charge is 0.320 e. The van der Waals surface area contributed by atoms with E-state index in [4.69, 9.17) is 10.8 Å². The van der Waals surface area contributed by atoms with Gasteiger partial charge in [0.2, 0.25) is 0 Å². The summed E-state index contributed by atoms with van der Waals surface area (Å²) in [6, 6.07) is -0.909. The molecule has 1 aliphatic carbocycles. The first-order valence-electron chi connectivity index (χ1n) is 4.79. The van der Waals surface area contributed by atoms with Crippen LogP contribution in [0, 0.1) is 5.92 Å². The average Bonchev–Trinajstić information content (AvgIpc) is 2.28. The summed E-state index contributed by atoms with van der Waals surface area (Å²) in [4.78, 5) is 10.6. The number of hydrogen-bond donors (Lipinski definition) is 3. The number of aliphatic hydroxyl groups is 1. The summed E-state index contributed by atoms with van der Waals surface area (Å²) in [5.41, 5.74) is 5.49. The van der Waals surface area contributed by atoms with Gasteiger partial charge in [0.25, 0.3) is 0 Å². The van der Waals surface area contributed by atoms with Gasteiger partial charge < -0.3 is 15.9 Å². The van der Waals surface area contributed by atoms with Gasteiger partial charge in [-0.3, -0.25) is 4.79 Å². The number of aliphatic carboxylic acids is 1. The van der Waals surface area contributed by atoms with Gasteiger partial charge in [-0.15, -0.1) is 0 Å². The second-order valence-electron chi connectivity index (χ2n) is 3.73. The summed E-state index contributed by atoms with van der Waals surface area (Å²) in [6.45, 7) is 0. The number of carboxylic acid groups (broad SMARTS) is 1. The molecule has 4 nitrogen and oxygen atoms in total. The Morgan fingerprint density at radius 1 is 1.31 bits per heavy atom. The molecule has 76 valence electrons. The van der Waals surface area contributed by atoms with Crippen molar-refractivity contribution in [3.63, 3.8) is 0 Å². The van der Waals surface area contributed by atoms with Crippen molar-refractivity contribution in [3.8, 4) is 0 Å². The Hall–Kier alpha value is -0.610. The molecule has 0 heterocycles. The summed E-state index contributed by atoms with van der Waals surface area (Å²) in [6.07, 6.45) is 3.90. The van der Waals surface area contributed by atoms with Gasteiger partial charge in [0, 0.05) is 5.92 Å². The van der Waals surface area contributed by atoms with E-state index in [9.17, 15) is 9.90 Å². The fourth-order valence-electron chi connectivity index (χ4n) is 1.92. The summed E-state index contributed by atoms with van der Waals surface area (Å²) >= 11 is 0. The molecule has 0 spiro atoms. The Labute approximate surface area is 77.7 Å². The highest BCUT2D eigenvalue weighted by Crippen LogP contribution is 2.25. The lowest BCUT2D eigenvalue weighted by Crippen LogP contribution is -2.43. The normalized spacial score (nSPS) is 32.2. The number of carbonyl (C=O) groups is 1. The van der Waals surface area contributed by atoms with E-state index >= 15 is 0 Å². The molecule has 0 bridgehead atoms. The fraction of sp³-hybridized carbons (Fsp3) is 0.889. The summed E-state index contributed by atoms with van der Waals surface area (Å²) < 4.78 is 0. The Morgan fingerprint density at radius 2 is 1.92 bits per heavy atom. The first-order valence-corrected chi connectivity index (χ1v) is 4.79. The Kier molecular flexibility index (Phi) is 3.69. The number of hydrogen-bond acceptors (Lipinski definition) is 3. The van der Waals surface area contributed by atoms with Gasteiger partial charge in [0.15, 0.2) is 0 Å². The Bertz CT molecular complexity index is 184. The zero-order valence-corrected chi connectivity index (χ0v) is 7.65. The van der Waals surface area contributed by atoms with E-state index in [2.05, 4.69) is 0 Å². The van der Waals surface area contributed by atoms with Crippen LogP contribution < -0.4 is 5.73 Å². The molecule has 1 aliphatic rings. The standard InChI is InChI=1S/C9H17NO3/c10-8(9(12)13)6-4-2-1-3-5-7(6)11/h6-8,11H,1-5,10H2,(H,12,13)/t6?,7-,8-/m1/s1. The second kappa shape index (κ2) is 4.58. The van der Waals surface area contributed by atoms with Gasteiger partial charge in [0.1, 0.15) is 6.04 Å². The zero-order valence-electron chi connectivity index (χ0n) is 7.65. The quantitative estimate of drug-likeness (QED) is 0.544. The van der Waals surface area contributed by atoms with Crippen LogP contribution in [0.1, 0.15) is 32.1 Å². The highest BCUT2D eigenvalue weighted by molar-refractivity contribution is 5.73. The van der Waals surface area contributed by atoms with Crippen LogP contribution >= 0.6 is 0 Å². The van der Waals surface area contributed by atoms with Crippen LogP contribution in [0.3, 0.4) is 0 Å². The predicted molar refractivity (Wildman–Crippen MR) is 48.2 cm³/mol. The monoisotopic (exact) mass is 187 g/mol. The largest absolute Gasteiger partial charge is 0.480 e. The third-order valence-electron chi connectivity index (χ3n) is 2.78. The maximum Gasteiger partial charge on any atom is 0.320 e. The van der Waals surface area contributed by atoms with Gasteiger partial charge in [-0.1, -0.05) is 19.3 Å². The summed E-state index contributed by atoms with van der Waals surface area (Å²) in [5, 5.41) is 18.3. The van der Waals surface area contributed by atoms with Crippen LogP contribution in [0.15, 0.2) is 0 Å². The lowest BCUT2D eigenvalue weighted by molar-refractivity contribution is -0.141. The van der Waals surface area contributed by atoms with Crippen LogP contribution in [0.2, 0.25) is 0 Å². The number of rotatable bonds is 2. The molecule has 13 heavy (non-hydrogen) atoms. The Morgan fingerprint density at radius 3 is 2.54 bits per heavy atom. The molecule has 4 heteroatoms. The minimum Gasteiger partial charge on any atom is -0.480 e. The molecule has 3 atom stereocenters. The maximum absolute atomic E-state index is 10.6. The van der Waals surface area contributed by atoms with Crippen molar-refractivity contribution in [3.05, 3.63) is 0 Å². The van der Waals surface area contributed by atoms with Crippen molar-refractivity contribution in [2.45, 2.75) is 44.2 Å². The van der Waals surface area contributed by atoms with Crippen LogP contribution in [0.25, 0.3) is 0 Å². The van der Waals surface area contributed by atoms with Crippen molar-refractivity contribution in [1.29, 1.82) is 0 Å². The van der Waals surface area contributed by atoms with Gasteiger partial charge in [0.05, 0.1) is 6.10 Å². The van der Waals surface area contributed by atoms with E-state index in [-0.39, 0.29) is 5.92 Å². The lowest BCUT2D eigenvalue weighted by atomic mass is 9.90. The third-order valence-corrected chi connectivity index (χ3v) is 2.78. The highest BCUT2D eigenvalue weighted by Gasteiger charge is 2.31. The topological polar surface area (TPSA) is 83.6 Å². The molecule has 4 N–H and O–H groups in total. The molecule has 1 rings (SSSR count). The number of carboxylic acids is 1. The minimum absolute atomic E-state index is 0.264. The maximum atomic E-state index is 10.6. The van der Waals surface area contributed by atoms with Crippen LogP contribution in [0.4, 0.5) is 0 Å². The molecule has 0 radical (unpaired) electrons. The van der Waals surface area contributed by atoms with Crippen molar-refractivity contribution < 1.29 is 15.0 Å². The van der Waals surface area contributed by atoms with Crippen LogP contribution in [-0.4, -0.2) is 28.3 Å². The van der Waals surface area contributed by atoms with E-state index in [0.717, 1.165) is 25.7 Å². The SMILES string of the molecule is N[C@@H](C(=O)O)C1CCCCC[C@H]1O. The molecule has 1 unspecified atom stereocenters. The molecule has 0 aliphatic heterocycles. The van der Waals surface area contributed by atoms with E-state index in [0.29, 0.717) is 6.42 Å². The first kappa shape index (κ1) is 10.5.